The normalized spacial score (nSPS) is 10.6. The molecule has 0 aliphatic carbocycles. The van der Waals surface area contributed by atoms with Crippen LogP contribution in [0.3, 0.4) is 0 Å². The van der Waals surface area contributed by atoms with E-state index >= 15 is 0 Å². The molecule has 2 aromatic rings. The lowest BCUT2D eigenvalue weighted by Crippen LogP contribution is -1.93. The van der Waals surface area contributed by atoms with E-state index in [1.54, 1.807) is 18.6 Å². The van der Waals surface area contributed by atoms with Gasteiger partial charge in [-0.15, -0.1) is 0 Å². The minimum Gasteiger partial charge on any atom is -0.399 e. The van der Waals surface area contributed by atoms with Crippen LogP contribution >= 0.6 is 0 Å². The van der Waals surface area contributed by atoms with Crippen molar-refractivity contribution in [2.24, 2.45) is 10.9 Å². The minimum absolute atomic E-state index is 0.684. The molecular weight excluding hydrogens is 204 g/mol. The summed E-state index contributed by atoms with van der Waals surface area (Å²) in [5.74, 6) is 4.82. The quantitative estimate of drug-likeness (QED) is 0.479. The molecule has 5 nitrogen and oxygen atoms in total. The Bertz CT molecular complexity index is 467. The molecule has 0 fully saturated rings. The van der Waals surface area contributed by atoms with Crippen molar-refractivity contribution >= 4 is 12.1 Å². The zero-order chi connectivity index (χ0) is 11.2. The van der Waals surface area contributed by atoms with Crippen molar-refractivity contribution in [3.05, 3.63) is 42.9 Å². The summed E-state index contributed by atoms with van der Waals surface area (Å²) >= 11 is 0. The Kier molecular flexibility index (Phi) is 3.20. The van der Waals surface area contributed by atoms with E-state index in [2.05, 4.69) is 19.8 Å². The first-order chi connectivity index (χ1) is 7.90. The predicted molar refractivity (Wildman–Crippen MR) is 60.9 cm³/mol. The number of aliphatic imine (C=N–C) groups is 1. The van der Waals surface area contributed by atoms with Crippen molar-refractivity contribution in [2.45, 2.75) is 0 Å². The van der Waals surface area contributed by atoms with Crippen LogP contribution in [-0.2, 0) is 4.84 Å². The molecule has 0 radical (unpaired) electrons. The lowest BCUT2D eigenvalue weighted by molar-refractivity contribution is 0.338. The number of nitrogens with two attached hydrogens (primary N) is 1. The van der Waals surface area contributed by atoms with E-state index in [1.807, 2.05) is 24.3 Å². The maximum Gasteiger partial charge on any atom is 0.201 e. The molecule has 0 aliphatic rings. The van der Waals surface area contributed by atoms with Gasteiger partial charge in [-0.25, -0.2) is 4.99 Å². The number of rotatable bonds is 3. The molecule has 0 spiro atoms. The number of pyridine rings is 2. The van der Waals surface area contributed by atoms with Gasteiger partial charge in [0.25, 0.3) is 0 Å². The lowest BCUT2D eigenvalue weighted by atomic mass is 10.2. The third kappa shape index (κ3) is 2.40. The average molecular weight is 214 g/mol. The van der Waals surface area contributed by atoms with E-state index in [1.165, 1.54) is 0 Å². The summed E-state index contributed by atoms with van der Waals surface area (Å²) in [6.07, 6.45) is 6.26. The fraction of sp³-hybridized carbons (Fsp3) is 0. The molecular formula is C11H10N4O. The first-order valence-electron chi connectivity index (χ1n) is 4.64. The van der Waals surface area contributed by atoms with E-state index in [0.717, 1.165) is 17.7 Å². The van der Waals surface area contributed by atoms with E-state index in [0.29, 0.717) is 5.69 Å². The average Bonchev–Trinajstić information content (AvgIpc) is 2.38. The Morgan fingerprint density at radius 1 is 1.19 bits per heavy atom. The van der Waals surface area contributed by atoms with Gasteiger partial charge in [-0.3, -0.25) is 9.97 Å². The number of nitrogens with zero attached hydrogens (tertiary/aromatic N) is 3. The molecule has 5 heteroatoms. The maximum absolute atomic E-state index is 4.82. The van der Waals surface area contributed by atoms with Gasteiger partial charge in [0.15, 0.2) is 0 Å². The fourth-order valence-electron chi connectivity index (χ4n) is 1.25. The van der Waals surface area contributed by atoms with Crippen LogP contribution in [-0.4, -0.2) is 16.4 Å². The molecule has 0 amide bonds. The SMILES string of the molecule is NO/C=N\c1ccc(-c2ccncc2)nc1. The highest BCUT2D eigenvalue weighted by atomic mass is 16.6. The van der Waals surface area contributed by atoms with Crippen LogP contribution < -0.4 is 5.90 Å². The zero-order valence-electron chi connectivity index (χ0n) is 8.45. The topological polar surface area (TPSA) is 73.4 Å². The highest BCUT2D eigenvalue weighted by Crippen LogP contribution is 2.18. The van der Waals surface area contributed by atoms with Crippen LogP contribution in [0.25, 0.3) is 11.3 Å². The van der Waals surface area contributed by atoms with Gasteiger partial charge in [0.1, 0.15) is 0 Å². The minimum atomic E-state index is 0.684. The monoisotopic (exact) mass is 214 g/mol. The fourth-order valence-corrected chi connectivity index (χ4v) is 1.25. The molecule has 0 bridgehead atoms. The smallest absolute Gasteiger partial charge is 0.201 e. The van der Waals surface area contributed by atoms with Crippen LogP contribution in [0.4, 0.5) is 5.69 Å². The third-order valence-electron chi connectivity index (χ3n) is 1.99. The molecule has 0 aromatic carbocycles. The summed E-state index contributed by atoms with van der Waals surface area (Å²) in [7, 11) is 0. The van der Waals surface area contributed by atoms with Crippen molar-refractivity contribution in [1.29, 1.82) is 0 Å². The van der Waals surface area contributed by atoms with Gasteiger partial charge in [0.2, 0.25) is 6.40 Å². The van der Waals surface area contributed by atoms with Crippen LogP contribution in [0.1, 0.15) is 0 Å². The number of aromatic nitrogens is 2. The van der Waals surface area contributed by atoms with Crippen molar-refractivity contribution in [2.75, 3.05) is 0 Å². The number of hydrogen-bond donors (Lipinski definition) is 1. The van der Waals surface area contributed by atoms with Gasteiger partial charge in [-0.2, -0.15) is 5.90 Å². The molecule has 0 unspecified atom stereocenters. The van der Waals surface area contributed by atoms with Crippen molar-refractivity contribution in [1.82, 2.24) is 9.97 Å². The Balaban J connectivity index is 2.23. The molecule has 2 rings (SSSR count). The van der Waals surface area contributed by atoms with Gasteiger partial charge in [0.05, 0.1) is 17.6 Å². The first kappa shape index (κ1) is 10.3. The van der Waals surface area contributed by atoms with Crippen LogP contribution in [0.2, 0.25) is 0 Å². The molecule has 0 aliphatic heterocycles. The van der Waals surface area contributed by atoms with Crippen LogP contribution in [0.5, 0.6) is 0 Å². The highest BCUT2D eigenvalue weighted by molar-refractivity contribution is 5.61. The second-order valence-electron chi connectivity index (χ2n) is 3.01. The molecule has 80 valence electrons. The van der Waals surface area contributed by atoms with Crippen LogP contribution in [0, 0.1) is 0 Å². The molecule has 2 aromatic heterocycles. The standard InChI is InChI=1S/C11H10N4O/c12-16-8-15-10-1-2-11(14-7-10)9-3-5-13-6-4-9/h1-8H,12H2/b15-8-. The van der Waals surface area contributed by atoms with E-state index in [9.17, 15) is 0 Å². The third-order valence-corrected chi connectivity index (χ3v) is 1.99. The first-order valence-corrected chi connectivity index (χ1v) is 4.64. The Morgan fingerprint density at radius 2 is 2.00 bits per heavy atom. The lowest BCUT2D eigenvalue weighted by Gasteiger charge is -1.99. The molecule has 0 atom stereocenters. The van der Waals surface area contributed by atoms with Crippen molar-refractivity contribution in [3.8, 4) is 11.3 Å². The summed E-state index contributed by atoms with van der Waals surface area (Å²) in [6, 6.07) is 7.50. The van der Waals surface area contributed by atoms with Gasteiger partial charge in [-0.05, 0) is 24.3 Å². The summed E-state index contributed by atoms with van der Waals surface area (Å²) in [4.78, 5) is 16.4. The van der Waals surface area contributed by atoms with Crippen molar-refractivity contribution < 1.29 is 4.84 Å². The highest BCUT2D eigenvalue weighted by Gasteiger charge is 1.97. The van der Waals surface area contributed by atoms with E-state index in [-0.39, 0.29) is 0 Å². The second kappa shape index (κ2) is 4.99. The van der Waals surface area contributed by atoms with E-state index < -0.39 is 0 Å². The molecule has 0 saturated heterocycles. The second-order valence-corrected chi connectivity index (χ2v) is 3.01. The van der Waals surface area contributed by atoms with Crippen molar-refractivity contribution in [3.63, 3.8) is 0 Å². The van der Waals surface area contributed by atoms with Gasteiger partial charge >= 0.3 is 0 Å². The van der Waals surface area contributed by atoms with Gasteiger partial charge in [-0.1, -0.05) is 0 Å². The Morgan fingerprint density at radius 3 is 2.62 bits per heavy atom. The summed E-state index contributed by atoms with van der Waals surface area (Å²) in [5.41, 5.74) is 2.57. The predicted octanol–water partition coefficient (Wildman–Crippen LogP) is 1.69. The summed E-state index contributed by atoms with van der Waals surface area (Å²) < 4.78 is 0. The van der Waals surface area contributed by atoms with Gasteiger partial charge in [0, 0.05) is 18.0 Å². The van der Waals surface area contributed by atoms with E-state index in [4.69, 9.17) is 5.90 Å². The summed E-state index contributed by atoms with van der Waals surface area (Å²) in [6.45, 7) is 0. The molecule has 16 heavy (non-hydrogen) atoms. The molecule has 2 heterocycles. The largest absolute Gasteiger partial charge is 0.399 e. The molecule has 2 N–H and O–H groups in total. The summed E-state index contributed by atoms with van der Waals surface area (Å²) in [5, 5.41) is 0. The van der Waals surface area contributed by atoms with Gasteiger partial charge < -0.3 is 4.84 Å². The molecule has 0 saturated carbocycles. The maximum atomic E-state index is 4.82. The number of hydrogen-bond acceptors (Lipinski definition) is 5. The zero-order valence-corrected chi connectivity index (χ0v) is 8.45. The Labute approximate surface area is 92.6 Å². The van der Waals surface area contributed by atoms with Crippen LogP contribution in [0.15, 0.2) is 47.8 Å². The Hall–Kier alpha value is -2.27.